The van der Waals surface area contributed by atoms with E-state index in [1.807, 2.05) is 0 Å². The van der Waals surface area contributed by atoms with Crippen LogP contribution in [0.1, 0.15) is 56.4 Å². The second-order valence-corrected chi connectivity index (χ2v) is 9.61. The van der Waals surface area contributed by atoms with Crippen LogP contribution in [0.15, 0.2) is 24.3 Å². The Bertz CT molecular complexity index is 743. The number of nitrogens with one attached hydrogen (secondary N) is 1. The third kappa shape index (κ3) is 4.91. The maximum Gasteiger partial charge on any atom is 0.225 e. The number of amides is 1. The molecule has 1 aromatic rings. The van der Waals surface area contributed by atoms with E-state index in [1.165, 1.54) is 5.56 Å². The Morgan fingerprint density at radius 1 is 0.968 bits per heavy atom. The summed E-state index contributed by atoms with van der Waals surface area (Å²) < 4.78 is 18.3. The van der Waals surface area contributed by atoms with Gasteiger partial charge in [0.2, 0.25) is 5.91 Å². The summed E-state index contributed by atoms with van der Waals surface area (Å²) in [5.41, 5.74) is 1.36. The van der Waals surface area contributed by atoms with Gasteiger partial charge in [-0.05, 0) is 62.5 Å². The number of ether oxygens (including phenoxy) is 3. The second-order valence-electron chi connectivity index (χ2n) is 9.61. The van der Waals surface area contributed by atoms with Gasteiger partial charge in [0, 0.05) is 25.7 Å². The zero-order valence-electron chi connectivity index (χ0n) is 18.5. The number of carbonyl (C=O) groups excluding carboxylic acids is 1. The summed E-state index contributed by atoms with van der Waals surface area (Å²) >= 11 is 0. The number of nitrogens with zero attached hydrogens (tertiary/aromatic N) is 1. The van der Waals surface area contributed by atoms with E-state index in [2.05, 4.69) is 34.5 Å². The van der Waals surface area contributed by atoms with Gasteiger partial charge < -0.3 is 19.5 Å². The van der Waals surface area contributed by atoms with Crippen molar-refractivity contribution in [2.24, 2.45) is 5.92 Å². The minimum Gasteiger partial charge on any atom is -0.492 e. The lowest BCUT2D eigenvalue weighted by Crippen LogP contribution is -2.50. The zero-order valence-corrected chi connectivity index (χ0v) is 18.5. The average molecular weight is 429 g/mol. The Balaban J connectivity index is 1.28. The van der Waals surface area contributed by atoms with Crippen LogP contribution in [0.2, 0.25) is 0 Å². The van der Waals surface area contributed by atoms with Gasteiger partial charge in [0.1, 0.15) is 12.4 Å². The summed E-state index contributed by atoms with van der Waals surface area (Å²) in [6.45, 7) is 4.52. The molecule has 0 radical (unpaired) electrons. The molecule has 6 nitrogen and oxygen atoms in total. The maximum atomic E-state index is 12.8. The standard InChI is InChI=1S/C25H36N2O4/c28-25(19-4-3-14-29-16-19)26-22-11-12-27-13-15-30-24-6-2-1-5-21(24)18-7-9-20(10-8-18)31-17-23(22)27/h1-2,5-6,18-20,22-23H,3-4,7-17H2,(H,26,28)/t18?,19?,20?,22-,23?/m0/s1. The Kier molecular flexibility index (Phi) is 6.77. The number of rotatable bonds is 2. The summed E-state index contributed by atoms with van der Waals surface area (Å²) in [5, 5.41) is 3.35. The minimum absolute atomic E-state index is 0.00594. The molecule has 31 heavy (non-hydrogen) atoms. The van der Waals surface area contributed by atoms with Gasteiger partial charge in [0.15, 0.2) is 0 Å². The van der Waals surface area contributed by atoms with Crippen molar-refractivity contribution in [1.82, 2.24) is 10.2 Å². The van der Waals surface area contributed by atoms with E-state index in [0.29, 0.717) is 31.8 Å². The van der Waals surface area contributed by atoms with Gasteiger partial charge in [-0.25, -0.2) is 0 Å². The van der Waals surface area contributed by atoms with Crippen molar-refractivity contribution in [3.05, 3.63) is 29.8 Å². The van der Waals surface area contributed by atoms with Crippen molar-refractivity contribution in [2.75, 3.05) is 39.5 Å². The quantitative estimate of drug-likeness (QED) is 0.784. The summed E-state index contributed by atoms with van der Waals surface area (Å²) in [6.07, 6.45) is 7.71. The number of hydrogen-bond acceptors (Lipinski definition) is 5. The lowest BCUT2D eigenvalue weighted by Gasteiger charge is -2.33. The average Bonchev–Trinajstić information content (AvgIpc) is 3.20. The molecule has 0 aromatic heterocycles. The summed E-state index contributed by atoms with van der Waals surface area (Å²) in [5.74, 6) is 1.76. The Labute approximate surface area is 185 Å². The molecule has 2 bridgehead atoms. The predicted octanol–water partition coefficient (Wildman–Crippen LogP) is 3.11. The van der Waals surface area contributed by atoms with E-state index in [0.717, 1.165) is 70.4 Å². The molecule has 2 unspecified atom stereocenters. The molecule has 4 aliphatic heterocycles. The van der Waals surface area contributed by atoms with Gasteiger partial charge in [0.25, 0.3) is 0 Å². The van der Waals surface area contributed by atoms with E-state index in [4.69, 9.17) is 14.2 Å². The van der Waals surface area contributed by atoms with Crippen LogP contribution in [-0.4, -0.2) is 68.5 Å². The molecule has 1 aromatic carbocycles. The molecule has 6 heteroatoms. The van der Waals surface area contributed by atoms with E-state index >= 15 is 0 Å². The highest BCUT2D eigenvalue weighted by Crippen LogP contribution is 2.38. The summed E-state index contributed by atoms with van der Waals surface area (Å²) in [6, 6.07) is 8.91. The predicted molar refractivity (Wildman–Crippen MR) is 118 cm³/mol. The Hall–Kier alpha value is -1.63. The number of hydrogen-bond donors (Lipinski definition) is 1. The van der Waals surface area contributed by atoms with E-state index in [-0.39, 0.29) is 23.9 Å². The molecule has 170 valence electrons. The van der Waals surface area contributed by atoms with Crippen molar-refractivity contribution >= 4 is 5.91 Å². The topological polar surface area (TPSA) is 60.0 Å². The molecule has 1 aliphatic carbocycles. The molecule has 3 atom stereocenters. The van der Waals surface area contributed by atoms with Gasteiger partial charge in [-0.15, -0.1) is 0 Å². The molecule has 4 heterocycles. The zero-order chi connectivity index (χ0) is 21.0. The van der Waals surface area contributed by atoms with E-state index < -0.39 is 0 Å². The smallest absolute Gasteiger partial charge is 0.225 e. The molecule has 3 fully saturated rings. The van der Waals surface area contributed by atoms with Gasteiger partial charge in [-0.3, -0.25) is 9.69 Å². The lowest BCUT2D eigenvalue weighted by atomic mass is 9.82. The minimum atomic E-state index is -0.00594. The maximum absolute atomic E-state index is 12.8. The second kappa shape index (κ2) is 9.88. The number of para-hydroxylation sites is 1. The first-order valence-electron chi connectivity index (χ1n) is 12.2. The number of fused-ring (bicyclic) bond motifs is 5. The van der Waals surface area contributed by atoms with Crippen molar-refractivity contribution in [3.8, 4) is 5.75 Å². The summed E-state index contributed by atoms with van der Waals surface area (Å²) in [4.78, 5) is 15.3. The van der Waals surface area contributed by atoms with Crippen molar-refractivity contribution in [1.29, 1.82) is 0 Å². The van der Waals surface area contributed by atoms with Gasteiger partial charge in [-0.2, -0.15) is 0 Å². The summed E-state index contributed by atoms with van der Waals surface area (Å²) in [7, 11) is 0. The molecular weight excluding hydrogens is 392 g/mol. The molecule has 5 aliphatic rings. The van der Waals surface area contributed by atoms with Crippen LogP contribution in [0.25, 0.3) is 0 Å². The molecule has 6 rings (SSSR count). The SMILES string of the molecule is O=C(N[C@H]1CCN2CCOc3ccccc3C3CCC(CC3)OCC12)C1CCCOC1. The fourth-order valence-corrected chi connectivity index (χ4v) is 5.83. The number of carbonyl (C=O) groups is 1. The lowest BCUT2D eigenvalue weighted by molar-refractivity contribution is -0.130. The molecule has 2 saturated heterocycles. The first-order chi connectivity index (χ1) is 15.3. The largest absolute Gasteiger partial charge is 0.492 e. The van der Waals surface area contributed by atoms with Gasteiger partial charge >= 0.3 is 0 Å². The van der Waals surface area contributed by atoms with Crippen molar-refractivity contribution in [3.63, 3.8) is 0 Å². The van der Waals surface area contributed by atoms with Crippen LogP contribution in [0.3, 0.4) is 0 Å². The first kappa shape index (κ1) is 21.2. The molecule has 1 saturated carbocycles. The Morgan fingerprint density at radius 2 is 1.84 bits per heavy atom. The van der Waals surface area contributed by atoms with E-state index in [1.54, 1.807) is 0 Å². The monoisotopic (exact) mass is 428 g/mol. The van der Waals surface area contributed by atoms with Gasteiger partial charge in [0.05, 0.1) is 31.3 Å². The van der Waals surface area contributed by atoms with Crippen LogP contribution in [0.5, 0.6) is 5.75 Å². The van der Waals surface area contributed by atoms with E-state index in [9.17, 15) is 4.79 Å². The molecule has 0 spiro atoms. The van der Waals surface area contributed by atoms with Crippen LogP contribution in [-0.2, 0) is 14.3 Å². The molecular formula is C25H36N2O4. The third-order valence-electron chi connectivity index (χ3n) is 7.69. The van der Waals surface area contributed by atoms with Crippen LogP contribution in [0.4, 0.5) is 0 Å². The van der Waals surface area contributed by atoms with Crippen molar-refractivity contribution < 1.29 is 19.0 Å². The normalized spacial score (nSPS) is 34.4. The van der Waals surface area contributed by atoms with Crippen molar-refractivity contribution in [2.45, 2.75) is 69.1 Å². The first-order valence-corrected chi connectivity index (χ1v) is 12.2. The molecule has 1 amide bonds. The Morgan fingerprint density at radius 3 is 2.68 bits per heavy atom. The third-order valence-corrected chi connectivity index (χ3v) is 7.69. The highest BCUT2D eigenvalue weighted by molar-refractivity contribution is 5.79. The fourth-order valence-electron chi connectivity index (χ4n) is 5.83. The number of benzene rings is 1. The van der Waals surface area contributed by atoms with Crippen LogP contribution >= 0.6 is 0 Å². The highest BCUT2D eigenvalue weighted by Gasteiger charge is 2.37. The van der Waals surface area contributed by atoms with Gasteiger partial charge in [-0.1, -0.05) is 18.2 Å². The molecule has 1 N–H and O–H groups in total. The fraction of sp³-hybridized carbons (Fsp3) is 0.720. The highest BCUT2D eigenvalue weighted by atomic mass is 16.5. The van der Waals surface area contributed by atoms with Crippen LogP contribution in [0, 0.1) is 5.92 Å². The van der Waals surface area contributed by atoms with Crippen LogP contribution < -0.4 is 10.1 Å².